The molecule has 5 heteroatoms. The van der Waals surface area contributed by atoms with Gasteiger partial charge >= 0.3 is 5.97 Å². The number of halogens is 2. The molecule has 2 rings (SSSR count). The maximum Gasteiger partial charge on any atom is 0.307 e. The minimum absolute atomic E-state index is 0.0697. The van der Waals surface area contributed by atoms with Crippen LogP contribution in [-0.4, -0.2) is 11.1 Å². The molecule has 1 aromatic carbocycles. The minimum Gasteiger partial charge on any atom is -0.481 e. The molecule has 1 aromatic heterocycles. The zero-order valence-corrected chi connectivity index (χ0v) is 9.80. The summed E-state index contributed by atoms with van der Waals surface area (Å²) in [6.07, 6.45) is 1.36. The highest BCUT2D eigenvalue weighted by atomic mass is 79.9. The summed E-state index contributed by atoms with van der Waals surface area (Å²) in [5.74, 6) is -0.895. The molecule has 0 aliphatic rings. The Morgan fingerprint density at radius 2 is 2.27 bits per heavy atom. The molecule has 0 saturated carbocycles. The van der Waals surface area contributed by atoms with Gasteiger partial charge in [0.05, 0.1) is 17.7 Å². The van der Waals surface area contributed by atoms with Crippen LogP contribution in [0.5, 0.6) is 0 Å². The molecule has 15 heavy (non-hydrogen) atoms. The first-order valence-electron chi connectivity index (χ1n) is 4.15. The third kappa shape index (κ3) is 2.01. The summed E-state index contributed by atoms with van der Waals surface area (Å²) in [6.45, 7) is 0. The topological polar surface area (TPSA) is 50.4 Å². The monoisotopic (exact) mass is 288 g/mol. The second-order valence-electron chi connectivity index (χ2n) is 3.10. The summed E-state index contributed by atoms with van der Waals surface area (Å²) in [7, 11) is 0. The third-order valence-corrected chi connectivity index (χ3v) is 2.75. The van der Waals surface area contributed by atoms with Crippen LogP contribution in [0.3, 0.4) is 0 Å². The number of carboxylic acids is 1. The maximum absolute atomic E-state index is 10.6. The Labute approximate surface area is 98.8 Å². The van der Waals surface area contributed by atoms with E-state index in [0.29, 0.717) is 16.2 Å². The van der Waals surface area contributed by atoms with Gasteiger partial charge in [0, 0.05) is 15.4 Å². The number of hydrogen-bond donors (Lipinski definition) is 1. The standard InChI is InChI=1S/C10H6BrClO3/c11-6-2-7-5(1-9(13)14)4-15-10(7)8(12)3-6/h2-4H,1H2,(H,13,14). The van der Waals surface area contributed by atoms with Gasteiger partial charge in [0.25, 0.3) is 0 Å². The molecule has 0 radical (unpaired) electrons. The number of carbonyl (C=O) groups is 1. The number of carboxylic acid groups (broad SMARTS) is 1. The second-order valence-corrected chi connectivity index (χ2v) is 4.42. The number of fused-ring (bicyclic) bond motifs is 1. The van der Waals surface area contributed by atoms with Gasteiger partial charge in [-0.3, -0.25) is 4.79 Å². The van der Waals surface area contributed by atoms with E-state index in [9.17, 15) is 4.79 Å². The number of aliphatic carboxylic acids is 1. The van der Waals surface area contributed by atoms with Crippen molar-refractivity contribution in [3.63, 3.8) is 0 Å². The molecule has 0 saturated heterocycles. The van der Waals surface area contributed by atoms with Crippen molar-refractivity contribution in [2.45, 2.75) is 6.42 Å². The van der Waals surface area contributed by atoms with Crippen LogP contribution in [0, 0.1) is 0 Å². The summed E-state index contributed by atoms with van der Waals surface area (Å²) in [4.78, 5) is 10.6. The summed E-state index contributed by atoms with van der Waals surface area (Å²) >= 11 is 9.24. The van der Waals surface area contributed by atoms with Crippen LogP contribution in [0.1, 0.15) is 5.56 Å². The van der Waals surface area contributed by atoms with Crippen molar-refractivity contribution < 1.29 is 14.3 Å². The van der Waals surface area contributed by atoms with Crippen molar-refractivity contribution in [2.24, 2.45) is 0 Å². The molecule has 0 atom stereocenters. The molecule has 0 aliphatic carbocycles. The fourth-order valence-corrected chi connectivity index (χ4v) is 2.27. The van der Waals surface area contributed by atoms with Crippen molar-refractivity contribution in [2.75, 3.05) is 0 Å². The lowest BCUT2D eigenvalue weighted by Crippen LogP contribution is -1.98. The summed E-state index contributed by atoms with van der Waals surface area (Å²) < 4.78 is 6.02. The van der Waals surface area contributed by atoms with Gasteiger partial charge in [0.2, 0.25) is 0 Å². The average Bonchev–Trinajstić information content (AvgIpc) is 2.48. The molecule has 0 amide bonds. The number of benzene rings is 1. The van der Waals surface area contributed by atoms with Gasteiger partial charge < -0.3 is 9.52 Å². The molecule has 2 aromatic rings. The molecule has 0 aliphatic heterocycles. The van der Waals surface area contributed by atoms with Gasteiger partial charge in [-0.2, -0.15) is 0 Å². The fraction of sp³-hybridized carbons (Fsp3) is 0.100. The van der Waals surface area contributed by atoms with E-state index in [1.54, 1.807) is 12.1 Å². The highest BCUT2D eigenvalue weighted by molar-refractivity contribution is 9.10. The van der Waals surface area contributed by atoms with E-state index in [0.717, 1.165) is 9.86 Å². The molecule has 0 fully saturated rings. The molecule has 0 unspecified atom stereocenters. The number of rotatable bonds is 2. The van der Waals surface area contributed by atoms with Crippen molar-refractivity contribution in [1.29, 1.82) is 0 Å². The zero-order valence-electron chi connectivity index (χ0n) is 7.46. The van der Waals surface area contributed by atoms with Crippen molar-refractivity contribution >= 4 is 44.5 Å². The minimum atomic E-state index is -0.895. The van der Waals surface area contributed by atoms with Gasteiger partial charge in [0.1, 0.15) is 0 Å². The molecule has 1 N–H and O–H groups in total. The largest absolute Gasteiger partial charge is 0.481 e. The summed E-state index contributed by atoms with van der Waals surface area (Å²) in [5.41, 5.74) is 1.15. The Morgan fingerprint density at radius 3 is 2.93 bits per heavy atom. The third-order valence-electron chi connectivity index (χ3n) is 2.02. The number of hydrogen-bond acceptors (Lipinski definition) is 2. The SMILES string of the molecule is O=C(O)Cc1coc2c(Cl)cc(Br)cc12. The van der Waals surface area contributed by atoms with Gasteiger partial charge in [-0.1, -0.05) is 27.5 Å². The molecule has 0 spiro atoms. The maximum atomic E-state index is 10.6. The predicted octanol–water partition coefficient (Wildman–Crippen LogP) is 3.48. The average molecular weight is 290 g/mol. The fourth-order valence-electron chi connectivity index (χ4n) is 1.41. The lowest BCUT2D eigenvalue weighted by Gasteiger charge is -1.96. The number of furan rings is 1. The first-order chi connectivity index (χ1) is 7.08. The van der Waals surface area contributed by atoms with Crippen LogP contribution in [0.4, 0.5) is 0 Å². The van der Waals surface area contributed by atoms with Crippen LogP contribution < -0.4 is 0 Å². The highest BCUT2D eigenvalue weighted by Crippen LogP contribution is 2.31. The van der Waals surface area contributed by atoms with E-state index >= 15 is 0 Å². The molecule has 1 heterocycles. The molecule has 0 bridgehead atoms. The molecular formula is C10H6BrClO3. The van der Waals surface area contributed by atoms with Crippen LogP contribution in [-0.2, 0) is 11.2 Å². The quantitative estimate of drug-likeness (QED) is 0.921. The van der Waals surface area contributed by atoms with E-state index in [1.807, 2.05) is 0 Å². The van der Waals surface area contributed by atoms with Gasteiger partial charge in [-0.05, 0) is 12.1 Å². The van der Waals surface area contributed by atoms with Crippen LogP contribution >= 0.6 is 27.5 Å². The van der Waals surface area contributed by atoms with Crippen molar-refractivity contribution in [3.8, 4) is 0 Å². The van der Waals surface area contributed by atoms with Crippen LogP contribution in [0.25, 0.3) is 11.0 Å². The van der Waals surface area contributed by atoms with Crippen molar-refractivity contribution in [3.05, 3.63) is 33.5 Å². The molecular weight excluding hydrogens is 283 g/mol. The van der Waals surface area contributed by atoms with E-state index < -0.39 is 5.97 Å². The second kappa shape index (κ2) is 3.87. The van der Waals surface area contributed by atoms with Crippen LogP contribution in [0.15, 0.2) is 27.3 Å². The normalized spacial score (nSPS) is 10.8. The summed E-state index contributed by atoms with van der Waals surface area (Å²) in [6, 6.07) is 3.50. The first-order valence-corrected chi connectivity index (χ1v) is 5.32. The molecule has 78 valence electrons. The Kier molecular flexibility index (Phi) is 2.71. The lowest BCUT2D eigenvalue weighted by atomic mass is 10.1. The Hall–Kier alpha value is -1.000. The summed E-state index contributed by atoms with van der Waals surface area (Å²) in [5, 5.41) is 9.90. The van der Waals surface area contributed by atoms with E-state index in [1.165, 1.54) is 6.26 Å². The Balaban J connectivity index is 2.63. The van der Waals surface area contributed by atoms with Gasteiger partial charge in [0.15, 0.2) is 5.58 Å². The van der Waals surface area contributed by atoms with E-state index in [-0.39, 0.29) is 6.42 Å². The zero-order chi connectivity index (χ0) is 11.0. The van der Waals surface area contributed by atoms with Crippen LogP contribution in [0.2, 0.25) is 5.02 Å². The lowest BCUT2D eigenvalue weighted by molar-refractivity contribution is -0.136. The Morgan fingerprint density at radius 1 is 1.53 bits per heavy atom. The highest BCUT2D eigenvalue weighted by Gasteiger charge is 2.12. The van der Waals surface area contributed by atoms with Gasteiger partial charge in [-0.15, -0.1) is 0 Å². The predicted molar refractivity (Wildman–Crippen MR) is 60.3 cm³/mol. The smallest absolute Gasteiger partial charge is 0.307 e. The molecule has 3 nitrogen and oxygen atoms in total. The van der Waals surface area contributed by atoms with Crippen molar-refractivity contribution in [1.82, 2.24) is 0 Å². The van der Waals surface area contributed by atoms with E-state index in [4.69, 9.17) is 21.1 Å². The van der Waals surface area contributed by atoms with Gasteiger partial charge in [-0.25, -0.2) is 0 Å². The Bertz CT molecular complexity index is 533. The first kappa shape index (κ1) is 10.5. The van der Waals surface area contributed by atoms with E-state index in [2.05, 4.69) is 15.9 Å².